The Balaban J connectivity index is 1.50. The number of ether oxygens (including phenoxy) is 2. The zero-order valence-corrected chi connectivity index (χ0v) is 21.5. The molecule has 39 heavy (non-hydrogen) atoms. The number of oxazole rings is 1. The van der Waals surface area contributed by atoms with E-state index in [0.717, 1.165) is 42.6 Å². The topological polar surface area (TPSA) is 85.1 Å². The molecule has 1 saturated carbocycles. The minimum Gasteiger partial charge on any atom is -0.461 e. The van der Waals surface area contributed by atoms with E-state index in [1.807, 2.05) is 36.1 Å². The van der Waals surface area contributed by atoms with Crippen LogP contribution in [0.3, 0.4) is 0 Å². The van der Waals surface area contributed by atoms with Crippen LogP contribution in [0.25, 0.3) is 0 Å². The summed E-state index contributed by atoms with van der Waals surface area (Å²) in [6, 6.07) is 12.6. The van der Waals surface area contributed by atoms with Crippen LogP contribution in [-0.4, -0.2) is 42.4 Å². The molecular weight excluding hydrogens is 515 g/mol. The number of benzene rings is 2. The largest absolute Gasteiger partial charge is 0.573 e. The fourth-order valence-corrected chi connectivity index (χ4v) is 5.77. The van der Waals surface area contributed by atoms with E-state index in [9.17, 15) is 22.8 Å². The molecule has 1 aliphatic heterocycles. The van der Waals surface area contributed by atoms with Gasteiger partial charge in [0.25, 0.3) is 11.9 Å². The second-order valence-electron chi connectivity index (χ2n) is 9.43. The molecule has 3 atom stereocenters. The summed E-state index contributed by atoms with van der Waals surface area (Å²) in [5, 5.41) is 0. The summed E-state index contributed by atoms with van der Waals surface area (Å²) in [4.78, 5) is 34.2. The zero-order chi connectivity index (χ0) is 27.7. The number of nitrogens with zero attached hydrogens (tertiary/aromatic N) is 3. The SMILES string of the molecule is CCOC(=O)c1coc(N(CC)C2c3ccccc3N(C(=O)c3ccc(OC(F)(F)F)cc3)C3CCCC23)n1. The second-order valence-corrected chi connectivity index (χ2v) is 9.43. The number of rotatable bonds is 7. The molecule has 0 N–H and O–H groups in total. The van der Waals surface area contributed by atoms with Crippen molar-refractivity contribution in [1.29, 1.82) is 0 Å². The number of fused-ring (bicyclic) bond motifs is 2. The van der Waals surface area contributed by atoms with E-state index in [1.165, 1.54) is 18.4 Å². The Morgan fingerprint density at radius 3 is 2.54 bits per heavy atom. The molecule has 8 nitrogen and oxygen atoms in total. The highest BCUT2D eigenvalue weighted by atomic mass is 19.4. The van der Waals surface area contributed by atoms with Crippen molar-refractivity contribution >= 4 is 23.6 Å². The molecule has 11 heteroatoms. The van der Waals surface area contributed by atoms with Crippen molar-refractivity contribution in [3.63, 3.8) is 0 Å². The predicted octanol–water partition coefficient (Wildman–Crippen LogP) is 6.15. The van der Waals surface area contributed by atoms with E-state index in [2.05, 4.69) is 9.72 Å². The molecule has 2 aromatic carbocycles. The van der Waals surface area contributed by atoms with Crippen LogP contribution in [0.2, 0.25) is 0 Å². The molecular formula is C28H28F3N3O5. The third-order valence-corrected chi connectivity index (χ3v) is 7.24. The number of carbonyl (C=O) groups excluding carboxylic acids is 2. The van der Waals surface area contributed by atoms with Gasteiger partial charge >= 0.3 is 12.3 Å². The maximum Gasteiger partial charge on any atom is 0.573 e. The highest BCUT2D eigenvalue weighted by Crippen LogP contribution is 2.51. The van der Waals surface area contributed by atoms with Gasteiger partial charge in [0.05, 0.1) is 12.6 Å². The van der Waals surface area contributed by atoms with Gasteiger partial charge in [-0.2, -0.15) is 4.98 Å². The Bertz CT molecular complexity index is 1340. The summed E-state index contributed by atoms with van der Waals surface area (Å²) >= 11 is 0. The number of aromatic nitrogens is 1. The average Bonchev–Trinajstić information content (AvgIpc) is 3.59. The van der Waals surface area contributed by atoms with Crippen molar-refractivity contribution in [2.24, 2.45) is 5.92 Å². The standard InChI is InChI=1S/C28H28F3N3O5/c1-3-33(27-32-21(16-38-27)26(36)37-4-2)24-19-8-5-6-10-22(19)34(23-11-7-9-20(23)24)25(35)17-12-14-18(15-13-17)39-28(29,30)31/h5-6,8,10,12-16,20,23-24H,3-4,7,9,11H2,1-2H3. The monoisotopic (exact) mass is 543 g/mol. The van der Waals surface area contributed by atoms with Crippen LogP contribution < -0.4 is 14.5 Å². The molecule has 2 heterocycles. The number of para-hydroxylation sites is 1. The molecule has 3 aromatic rings. The molecule has 0 bridgehead atoms. The molecule has 206 valence electrons. The van der Waals surface area contributed by atoms with Crippen molar-refractivity contribution < 1.29 is 36.7 Å². The molecule has 5 rings (SSSR count). The number of alkyl halides is 3. The first-order valence-corrected chi connectivity index (χ1v) is 12.9. The molecule has 1 amide bonds. The number of esters is 1. The predicted molar refractivity (Wildman–Crippen MR) is 136 cm³/mol. The van der Waals surface area contributed by atoms with E-state index in [1.54, 1.807) is 11.8 Å². The first-order chi connectivity index (χ1) is 18.7. The van der Waals surface area contributed by atoms with Gasteiger partial charge in [0.15, 0.2) is 5.69 Å². The number of anilines is 2. The van der Waals surface area contributed by atoms with Crippen LogP contribution in [0.4, 0.5) is 24.9 Å². The van der Waals surface area contributed by atoms with Crippen molar-refractivity contribution in [2.75, 3.05) is 23.0 Å². The Morgan fingerprint density at radius 1 is 1.10 bits per heavy atom. The van der Waals surface area contributed by atoms with Gasteiger partial charge in [0.2, 0.25) is 0 Å². The molecule has 0 saturated heterocycles. The van der Waals surface area contributed by atoms with E-state index < -0.39 is 12.3 Å². The summed E-state index contributed by atoms with van der Waals surface area (Å²) in [5.74, 6) is -1.20. The first-order valence-electron chi connectivity index (χ1n) is 12.9. The van der Waals surface area contributed by atoms with Crippen LogP contribution in [-0.2, 0) is 4.74 Å². The van der Waals surface area contributed by atoms with Crippen molar-refractivity contribution in [1.82, 2.24) is 4.98 Å². The van der Waals surface area contributed by atoms with E-state index in [4.69, 9.17) is 9.15 Å². The third kappa shape index (κ3) is 5.17. The molecule has 1 aromatic heterocycles. The Morgan fingerprint density at radius 2 is 1.85 bits per heavy atom. The Hall–Kier alpha value is -4.02. The van der Waals surface area contributed by atoms with Gasteiger partial charge in [-0.3, -0.25) is 4.79 Å². The van der Waals surface area contributed by atoms with Gasteiger partial charge in [-0.15, -0.1) is 13.2 Å². The molecule has 1 aliphatic carbocycles. The zero-order valence-electron chi connectivity index (χ0n) is 21.5. The minimum atomic E-state index is -4.81. The summed E-state index contributed by atoms with van der Waals surface area (Å²) in [6.07, 6.45) is -0.992. The van der Waals surface area contributed by atoms with Gasteiger partial charge in [0.1, 0.15) is 12.0 Å². The summed E-state index contributed by atoms with van der Waals surface area (Å²) in [5.41, 5.74) is 1.99. The van der Waals surface area contributed by atoms with Gasteiger partial charge < -0.3 is 23.7 Å². The maximum atomic E-state index is 13.8. The van der Waals surface area contributed by atoms with Crippen LogP contribution in [0.15, 0.2) is 59.2 Å². The average molecular weight is 544 g/mol. The summed E-state index contributed by atoms with van der Waals surface area (Å²) in [6.45, 7) is 4.46. The minimum absolute atomic E-state index is 0.0366. The highest BCUT2D eigenvalue weighted by molar-refractivity contribution is 6.07. The number of carbonyl (C=O) groups is 2. The Labute approximate surface area is 223 Å². The summed E-state index contributed by atoms with van der Waals surface area (Å²) < 4.78 is 52.5. The lowest BCUT2D eigenvalue weighted by Gasteiger charge is -2.47. The smallest absolute Gasteiger partial charge is 0.461 e. The number of amides is 1. The van der Waals surface area contributed by atoms with Crippen LogP contribution in [0.5, 0.6) is 5.75 Å². The van der Waals surface area contributed by atoms with Gasteiger partial charge in [-0.25, -0.2) is 4.79 Å². The quantitative estimate of drug-likeness (QED) is 0.331. The molecule has 1 fully saturated rings. The van der Waals surface area contributed by atoms with Crippen molar-refractivity contribution in [3.05, 3.63) is 71.6 Å². The molecule has 0 radical (unpaired) electrons. The van der Waals surface area contributed by atoms with Crippen LogP contribution >= 0.6 is 0 Å². The number of halogens is 3. The fourth-order valence-electron chi connectivity index (χ4n) is 5.77. The first kappa shape index (κ1) is 26.6. The van der Waals surface area contributed by atoms with Crippen molar-refractivity contribution in [3.8, 4) is 5.75 Å². The van der Waals surface area contributed by atoms with Crippen molar-refractivity contribution in [2.45, 2.75) is 51.6 Å². The van der Waals surface area contributed by atoms with E-state index in [0.29, 0.717) is 12.6 Å². The van der Waals surface area contributed by atoms with Crippen LogP contribution in [0, 0.1) is 5.92 Å². The van der Waals surface area contributed by atoms with Crippen LogP contribution in [0.1, 0.15) is 65.6 Å². The van der Waals surface area contributed by atoms with Gasteiger partial charge in [0, 0.05) is 29.8 Å². The number of hydrogen-bond acceptors (Lipinski definition) is 7. The normalized spacial score (nSPS) is 20.2. The summed E-state index contributed by atoms with van der Waals surface area (Å²) in [7, 11) is 0. The second kappa shape index (κ2) is 10.6. The number of hydrogen-bond donors (Lipinski definition) is 0. The fraction of sp³-hybridized carbons (Fsp3) is 0.393. The third-order valence-electron chi connectivity index (χ3n) is 7.24. The highest BCUT2D eigenvalue weighted by Gasteiger charge is 2.48. The van der Waals surface area contributed by atoms with Gasteiger partial charge in [-0.05, 0) is 62.6 Å². The molecule has 0 spiro atoms. The lowest BCUT2D eigenvalue weighted by atomic mass is 9.81. The lowest BCUT2D eigenvalue weighted by molar-refractivity contribution is -0.274. The lowest BCUT2D eigenvalue weighted by Crippen LogP contribution is -2.51. The Kier molecular flexibility index (Phi) is 7.24. The maximum absolute atomic E-state index is 13.8. The molecule has 2 aliphatic rings. The van der Waals surface area contributed by atoms with E-state index in [-0.39, 0.29) is 47.5 Å². The van der Waals surface area contributed by atoms with E-state index >= 15 is 0 Å². The molecule has 3 unspecified atom stereocenters. The van der Waals surface area contributed by atoms with Gasteiger partial charge in [-0.1, -0.05) is 24.6 Å².